The van der Waals surface area contributed by atoms with E-state index in [4.69, 9.17) is 4.74 Å². The van der Waals surface area contributed by atoms with Crippen molar-refractivity contribution in [1.29, 1.82) is 0 Å². The molecule has 3 N–H and O–H groups in total. The second-order valence-corrected chi connectivity index (χ2v) is 10.9. The lowest BCUT2D eigenvalue weighted by molar-refractivity contribution is -0.222. The highest BCUT2D eigenvalue weighted by atomic mass is 16.5. The third-order valence-corrected chi connectivity index (χ3v) is 9.65. The molecule has 0 amide bonds. The van der Waals surface area contributed by atoms with Gasteiger partial charge < -0.3 is 20.1 Å². The molecule has 27 heavy (non-hydrogen) atoms. The lowest BCUT2D eigenvalue weighted by Crippen LogP contribution is -2.63. The second-order valence-electron chi connectivity index (χ2n) is 10.9. The van der Waals surface area contributed by atoms with Crippen LogP contribution in [0.1, 0.15) is 72.6 Å². The Kier molecular flexibility index (Phi) is 4.32. The van der Waals surface area contributed by atoms with Gasteiger partial charge in [-0.3, -0.25) is 4.79 Å². The van der Waals surface area contributed by atoms with Crippen molar-refractivity contribution < 1.29 is 24.9 Å². The maximum absolute atomic E-state index is 11.4. The third kappa shape index (κ3) is 2.31. The van der Waals surface area contributed by atoms with E-state index in [1.807, 2.05) is 6.92 Å². The lowest BCUT2D eigenvalue weighted by Gasteiger charge is -2.66. The number of aliphatic hydroxyl groups is 3. The smallest absolute Gasteiger partial charge is 0.302 e. The predicted molar refractivity (Wildman–Crippen MR) is 101 cm³/mol. The Morgan fingerprint density at radius 2 is 1.59 bits per heavy atom. The average Bonchev–Trinajstić information content (AvgIpc) is 2.69. The topological polar surface area (TPSA) is 87.0 Å². The molecule has 0 radical (unpaired) electrons. The molecule has 0 aromatic carbocycles. The zero-order valence-electron chi connectivity index (χ0n) is 17.2. The quantitative estimate of drug-likeness (QED) is 0.641. The molecule has 1 spiro atoms. The molecule has 4 fully saturated rings. The molecule has 5 heteroatoms. The van der Waals surface area contributed by atoms with Crippen LogP contribution in [0.15, 0.2) is 0 Å². The number of hydrogen-bond acceptors (Lipinski definition) is 5. The van der Waals surface area contributed by atoms with E-state index >= 15 is 0 Å². The highest BCUT2D eigenvalue weighted by molar-refractivity contribution is 5.65. The molecule has 0 heterocycles. The summed E-state index contributed by atoms with van der Waals surface area (Å²) in [5.41, 5.74) is -1.28. The van der Waals surface area contributed by atoms with Crippen molar-refractivity contribution in [2.45, 2.75) is 91.0 Å². The van der Waals surface area contributed by atoms with Gasteiger partial charge in [0.25, 0.3) is 0 Å². The molecule has 5 nitrogen and oxygen atoms in total. The highest BCUT2D eigenvalue weighted by Crippen LogP contribution is 2.73. The number of carbonyl (C=O) groups excluding carboxylic acids is 1. The lowest BCUT2D eigenvalue weighted by atomic mass is 9.39. The molecule has 4 saturated carbocycles. The third-order valence-electron chi connectivity index (χ3n) is 9.65. The molecule has 154 valence electrons. The van der Waals surface area contributed by atoms with Crippen LogP contribution in [-0.2, 0) is 9.53 Å². The first kappa shape index (κ1) is 19.7. The van der Waals surface area contributed by atoms with Crippen LogP contribution in [0.5, 0.6) is 0 Å². The van der Waals surface area contributed by atoms with E-state index in [1.54, 1.807) is 0 Å². The van der Waals surface area contributed by atoms with E-state index in [9.17, 15) is 20.1 Å². The molecule has 0 saturated heterocycles. The summed E-state index contributed by atoms with van der Waals surface area (Å²) in [6.45, 7) is 8.45. The van der Waals surface area contributed by atoms with Crippen molar-refractivity contribution >= 4 is 5.97 Å². The van der Waals surface area contributed by atoms with Crippen LogP contribution in [0.25, 0.3) is 0 Å². The van der Waals surface area contributed by atoms with Crippen molar-refractivity contribution in [3.05, 3.63) is 0 Å². The number of esters is 1. The minimum atomic E-state index is -0.857. The molecule has 4 aliphatic rings. The fourth-order valence-corrected chi connectivity index (χ4v) is 8.35. The van der Waals surface area contributed by atoms with E-state index in [2.05, 4.69) is 13.8 Å². The van der Waals surface area contributed by atoms with Crippen molar-refractivity contribution in [2.24, 2.45) is 33.5 Å². The molecule has 0 aliphatic heterocycles. The summed E-state index contributed by atoms with van der Waals surface area (Å²) in [5, 5.41) is 33.2. The number of ether oxygens (including phenoxy) is 1. The molecule has 4 aliphatic carbocycles. The van der Waals surface area contributed by atoms with Gasteiger partial charge in [-0.1, -0.05) is 27.2 Å². The molecular weight excluding hydrogens is 344 g/mol. The van der Waals surface area contributed by atoms with Crippen molar-refractivity contribution in [1.82, 2.24) is 0 Å². The number of carbonyl (C=O) groups is 1. The van der Waals surface area contributed by atoms with E-state index in [1.165, 1.54) is 6.92 Å². The van der Waals surface area contributed by atoms with Gasteiger partial charge in [-0.2, -0.15) is 0 Å². The van der Waals surface area contributed by atoms with Gasteiger partial charge in [0.1, 0.15) is 0 Å². The molecule has 1 unspecified atom stereocenters. The van der Waals surface area contributed by atoms with Crippen LogP contribution in [-0.4, -0.2) is 46.2 Å². The monoisotopic (exact) mass is 380 g/mol. The Hall–Kier alpha value is -0.650. The number of rotatable bonds is 2. The molecule has 0 aromatic rings. The Morgan fingerprint density at radius 3 is 2.26 bits per heavy atom. The molecular formula is C22H36O5. The zero-order chi connectivity index (χ0) is 19.8. The van der Waals surface area contributed by atoms with Crippen LogP contribution in [0.4, 0.5) is 0 Å². The maximum Gasteiger partial charge on any atom is 0.302 e. The van der Waals surface area contributed by atoms with Gasteiger partial charge in [-0.15, -0.1) is 0 Å². The van der Waals surface area contributed by atoms with Gasteiger partial charge in [0.15, 0.2) is 0 Å². The Balaban J connectivity index is 1.72. The van der Waals surface area contributed by atoms with E-state index in [-0.39, 0.29) is 22.7 Å². The minimum Gasteiger partial charge on any atom is -0.465 e. The van der Waals surface area contributed by atoms with Gasteiger partial charge in [-0.05, 0) is 55.8 Å². The standard InChI is InChI=1S/C22H36O5/c1-13(23)27-12-19(2)8-5-9-20(3)14(19)7-11-22-15(20)6-10-21(4,18(22)26)16(24)17(22)25/h14-18,24-26H,5-12H2,1-4H3/t14-,15+,16-,17-,18?,19-,20-,21-,22+/m1/s1. The largest absolute Gasteiger partial charge is 0.465 e. The normalized spacial score (nSPS) is 56.9. The summed E-state index contributed by atoms with van der Waals surface area (Å²) in [4.78, 5) is 11.4. The summed E-state index contributed by atoms with van der Waals surface area (Å²) in [6, 6.07) is 0. The van der Waals surface area contributed by atoms with Gasteiger partial charge in [-0.25, -0.2) is 0 Å². The van der Waals surface area contributed by atoms with Crippen LogP contribution < -0.4 is 0 Å². The summed E-state index contributed by atoms with van der Waals surface area (Å²) >= 11 is 0. The van der Waals surface area contributed by atoms with Gasteiger partial charge in [0.05, 0.1) is 24.9 Å². The fraction of sp³-hybridized carbons (Fsp3) is 0.955. The summed E-state index contributed by atoms with van der Waals surface area (Å²) in [5.74, 6) is 0.361. The van der Waals surface area contributed by atoms with Crippen LogP contribution in [0.3, 0.4) is 0 Å². The Labute approximate surface area is 162 Å². The van der Waals surface area contributed by atoms with Crippen LogP contribution in [0.2, 0.25) is 0 Å². The van der Waals surface area contributed by atoms with E-state index in [0.29, 0.717) is 12.5 Å². The summed E-state index contributed by atoms with van der Waals surface area (Å²) < 4.78 is 5.47. The van der Waals surface area contributed by atoms with Gasteiger partial charge >= 0.3 is 5.97 Å². The average molecular weight is 381 g/mol. The van der Waals surface area contributed by atoms with Gasteiger partial charge in [0, 0.05) is 23.2 Å². The van der Waals surface area contributed by atoms with Crippen molar-refractivity contribution in [3.8, 4) is 0 Å². The number of aliphatic hydroxyl groups excluding tert-OH is 3. The Morgan fingerprint density at radius 1 is 0.926 bits per heavy atom. The number of fused-ring (bicyclic) bond motifs is 3. The van der Waals surface area contributed by atoms with Crippen LogP contribution in [0, 0.1) is 33.5 Å². The fourth-order valence-electron chi connectivity index (χ4n) is 8.35. The molecule has 0 aromatic heterocycles. The van der Waals surface area contributed by atoms with Crippen LogP contribution >= 0.6 is 0 Å². The predicted octanol–water partition coefficient (Wildman–Crippen LogP) is 2.66. The summed E-state index contributed by atoms with van der Waals surface area (Å²) in [7, 11) is 0. The molecule has 2 bridgehead atoms. The van der Waals surface area contributed by atoms with Gasteiger partial charge in [0.2, 0.25) is 0 Å². The molecule has 9 atom stereocenters. The molecule has 4 rings (SSSR count). The van der Waals surface area contributed by atoms with Crippen molar-refractivity contribution in [3.63, 3.8) is 0 Å². The second kappa shape index (κ2) is 5.93. The minimum absolute atomic E-state index is 0.0151. The summed E-state index contributed by atoms with van der Waals surface area (Å²) in [6.07, 6.45) is 4.16. The van der Waals surface area contributed by atoms with E-state index in [0.717, 1.165) is 44.9 Å². The highest BCUT2D eigenvalue weighted by Gasteiger charge is 2.75. The Bertz CT molecular complexity index is 636. The first-order chi connectivity index (χ1) is 12.5. The van der Waals surface area contributed by atoms with E-state index < -0.39 is 29.1 Å². The SMILES string of the molecule is CC(=O)OC[C@@]1(C)CCC[C@]2(C)[C@@H]1CC[C@]13C(O)[C@](C)(CC[C@@H]21)[C@H](O)[C@H]3O. The first-order valence-corrected chi connectivity index (χ1v) is 10.7. The maximum atomic E-state index is 11.4. The zero-order valence-corrected chi connectivity index (χ0v) is 17.2. The first-order valence-electron chi connectivity index (χ1n) is 10.7. The van der Waals surface area contributed by atoms with Crippen molar-refractivity contribution in [2.75, 3.05) is 6.61 Å². The number of hydrogen-bond donors (Lipinski definition) is 3.